The highest BCUT2D eigenvalue weighted by Crippen LogP contribution is 2.63. The minimum Gasteiger partial charge on any atom is -0.481 e. The summed E-state index contributed by atoms with van der Waals surface area (Å²) in [6, 6.07) is 47.4. The highest BCUT2D eigenvalue weighted by molar-refractivity contribution is 9.10. The molecule has 2 heterocycles. The molecule has 4 aliphatic rings. The molecule has 2 aromatic heterocycles. The van der Waals surface area contributed by atoms with Crippen LogP contribution in [-0.2, 0) is 9.59 Å². The van der Waals surface area contributed by atoms with Crippen LogP contribution in [0, 0.1) is 34.5 Å². The Bertz CT molecular complexity index is 3360. The molecule has 0 aliphatic heterocycles. The van der Waals surface area contributed by atoms with Crippen LogP contribution in [0.3, 0.4) is 0 Å². The lowest BCUT2D eigenvalue weighted by Crippen LogP contribution is -2.50. The molecule has 390 valence electrons. The Morgan fingerprint density at radius 2 is 0.908 bits per heavy atom. The number of carboxylic acid groups (broad SMARTS) is 2. The van der Waals surface area contributed by atoms with E-state index < -0.39 is 18.2 Å². The molecule has 0 radical (unpaired) electrons. The minimum atomic E-state index is -1.34. The number of aromatic nitrogens is 4. The first kappa shape index (κ1) is 52.4. The molecule has 13 heteroatoms. The van der Waals surface area contributed by atoms with Gasteiger partial charge in [0.25, 0.3) is 0 Å². The molecule has 0 amide bonds. The number of rotatable bonds is 14. The summed E-state index contributed by atoms with van der Waals surface area (Å²) in [4.78, 5) is 48.9. The molecule has 6 aromatic carbocycles. The van der Waals surface area contributed by atoms with Gasteiger partial charge in [0, 0.05) is 44.8 Å². The first-order valence-corrected chi connectivity index (χ1v) is 27.1. The molecule has 12 rings (SSSR count). The number of carboxylic acids is 2. The number of aliphatic hydroxyl groups excluding tert-OH is 1. The van der Waals surface area contributed by atoms with Crippen LogP contribution < -0.4 is 0 Å². The van der Waals surface area contributed by atoms with E-state index in [9.17, 15) is 24.3 Å². The normalized spacial score (nSPS) is 22.9. The van der Waals surface area contributed by atoms with Crippen molar-refractivity contribution in [2.24, 2.45) is 34.5 Å². The average molecular weight is 1080 g/mol. The lowest BCUT2D eigenvalue weighted by molar-refractivity contribution is -0.158. The predicted octanol–water partition coefficient (Wildman–Crippen LogP) is 13.3. The van der Waals surface area contributed by atoms with Crippen molar-refractivity contribution in [3.8, 4) is 11.1 Å². The highest BCUT2D eigenvalue weighted by Gasteiger charge is 2.56. The van der Waals surface area contributed by atoms with Gasteiger partial charge < -0.3 is 20.4 Å². The standard InChI is InChI=1S/C31H30N2O3.C25H25BrN2O3.C7H8O2/c1-20(22-10-12-24(13-11-22)23-6-3-2-4-7-23)33-29-25(19-32-33)8-5-9-27(29)28(34)14-21-15-31(16-21)17-26(18-31)30(35)36;1-15(17-5-7-20(26)8-6-17)28-23-18(14-27-28)3-2-4-21(23)22(29)9-16-10-25(11-16)12-19(13-25)24(30)31;8-7(9)6-4-2-1-3-5-6/h2-13,19-21,26H,14-18H2,1H3,(H,35,36);2-8,14-16,19H,9-13H2,1H3,(H,30,31);1-5,7-9H. The van der Waals surface area contributed by atoms with E-state index in [0.717, 1.165) is 99.9 Å². The second-order valence-corrected chi connectivity index (χ2v) is 22.9. The molecule has 4 N–H and O–H groups in total. The SMILES string of the molecule is CC(c1ccc(-c2ccccc2)cc1)n1ncc2cccc(C(=O)CC3CC4(C3)CC(C(=O)O)C4)c21.CC(c1ccc(Br)cc1)n1ncc2cccc(C(=O)CC3CC4(C3)CC(C(=O)O)C4)c21.OC(O)c1ccccc1. The van der Waals surface area contributed by atoms with Crippen LogP contribution in [0.5, 0.6) is 0 Å². The van der Waals surface area contributed by atoms with Crippen molar-refractivity contribution in [2.45, 2.75) is 96.4 Å². The van der Waals surface area contributed by atoms with Gasteiger partial charge in [0.2, 0.25) is 0 Å². The van der Waals surface area contributed by atoms with Gasteiger partial charge in [0.1, 0.15) is 0 Å². The van der Waals surface area contributed by atoms with Gasteiger partial charge in [-0.3, -0.25) is 28.5 Å². The second kappa shape index (κ2) is 21.9. The molecular formula is C63H63BrN4O8. The number of carbonyl (C=O) groups excluding carboxylic acids is 2. The number of aliphatic carboxylic acids is 2. The van der Waals surface area contributed by atoms with Crippen LogP contribution in [0.25, 0.3) is 32.9 Å². The number of fused-ring (bicyclic) bond motifs is 2. The lowest BCUT2D eigenvalue weighted by atomic mass is 9.47. The van der Waals surface area contributed by atoms with Crippen LogP contribution in [0.15, 0.2) is 162 Å². The maximum Gasteiger partial charge on any atom is 0.306 e. The van der Waals surface area contributed by atoms with E-state index in [0.29, 0.717) is 30.2 Å². The summed E-state index contributed by atoms with van der Waals surface area (Å²) >= 11 is 3.48. The average Bonchev–Trinajstić information content (AvgIpc) is 4.03. The third-order valence-corrected chi connectivity index (χ3v) is 17.3. The minimum absolute atomic E-state index is 0.00875. The fourth-order valence-corrected chi connectivity index (χ4v) is 13.1. The molecule has 4 aliphatic carbocycles. The maximum atomic E-state index is 13.4. The van der Waals surface area contributed by atoms with Gasteiger partial charge in [-0.2, -0.15) is 10.2 Å². The van der Waals surface area contributed by atoms with Crippen LogP contribution in [0.2, 0.25) is 0 Å². The number of hydrogen-bond donors (Lipinski definition) is 4. The van der Waals surface area contributed by atoms with Crippen molar-refractivity contribution in [3.05, 3.63) is 190 Å². The van der Waals surface area contributed by atoms with Crippen molar-refractivity contribution >= 4 is 61.2 Å². The molecule has 0 bridgehead atoms. The Morgan fingerprint density at radius 3 is 1.30 bits per heavy atom. The molecule has 4 saturated carbocycles. The highest BCUT2D eigenvalue weighted by atomic mass is 79.9. The Kier molecular flexibility index (Phi) is 15.1. The van der Waals surface area contributed by atoms with E-state index in [-0.39, 0.29) is 46.3 Å². The summed E-state index contributed by atoms with van der Waals surface area (Å²) in [7, 11) is 0. The van der Waals surface area contributed by atoms with Gasteiger partial charge in [-0.1, -0.05) is 137 Å². The van der Waals surface area contributed by atoms with Gasteiger partial charge in [-0.05, 0) is 134 Å². The van der Waals surface area contributed by atoms with Crippen molar-refractivity contribution in [3.63, 3.8) is 0 Å². The number of halogens is 1. The number of aliphatic hydroxyl groups is 2. The van der Waals surface area contributed by atoms with E-state index >= 15 is 0 Å². The molecule has 8 aromatic rings. The number of benzene rings is 6. The molecule has 12 nitrogen and oxygen atoms in total. The zero-order valence-electron chi connectivity index (χ0n) is 42.7. The van der Waals surface area contributed by atoms with Crippen molar-refractivity contribution < 1.29 is 39.6 Å². The first-order chi connectivity index (χ1) is 36.6. The van der Waals surface area contributed by atoms with Gasteiger partial charge in [0.15, 0.2) is 17.9 Å². The number of hydrogen-bond acceptors (Lipinski definition) is 8. The van der Waals surface area contributed by atoms with E-state index in [2.05, 4.69) is 88.5 Å². The number of Topliss-reactive ketones (excluding diaryl/α,β-unsaturated/α-hetero) is 2. The van der Waals surface area contributed by atoms with Crippen LogP contribution >= 0.6 is 15.9 Å². The largest absolute Gasteiger partial charge is 0.481 e. The van der Waals surface area contributed by atoms with Crippen molar-refractivity contribution in [2.75, 3.05) is 0 Å². The molecular weight excluding hydrogens is 1020 g/mol. The van der Waals surface area contributed by atoms with E-state index in [1.54, 1.807) is 24.3 Å². The summed E-state index contributed by atoms with van der Waals surface area (Å²) in [5, 5.41) is 46.7. The Labute approximate surface area is 450 Å². The Balaban J connectivity index is 0.000000150. The van der Waals surface area contributed by atoms with Crippen LogP contribution in [0.4, 0.5) is 0 Å². The molecule has 2 atom stereocenters. The van der Waals surface area contributed by atoms with E-state index in [1.807, 2.05) is 94.6 Å². The molecule has 4 fully saturated rings. The van der Waals surface area contributed by atoms with Crippen molar-refractivity contribution in [1.82, 2.24) is 19.6 Å². The van der Waals surface area contributed by atoms with Gasteiger partial charge >= 0.3 is 11.9 Å². The van der Waals surface area contributed by atoms with Gasteiger partial charge in [-0.15, -0.1) is 0 Å². The summed E-state index contributed by atoms with van der Waals surface area (Å²) in [6.45, 7) is 4.22. The number of carbonyl (C=O) groups is 4. The summed E-state index contributed by atoms with van der Waals surface area (Å²) < 4.78 is 4.97. The maximum absolute atomic E-state index is 13.4. The topological polar surface area (TPSA) is 185 Å². The second-order valence-electron chi connectivity index (χ2n) is 22.0. The zero-order chi connectivity index (χ0) is 53.3. The lowest BCUT2D eigenvalue weighted by Gasteiger charge is -2.56. The number of nitrogens with zero attached hydrogens (tertiary/aromatic N) is 4. The first-order valence-electron chi connectivity index (χ1n) is 26.3. The quantitative estimate of drug-likeness (QED) is 0.0603. The molecule has 2 unspecified atom stereocenters. The van der Waals surface area contributed by atoms with Gasteiger partial charge in [0.05, 0.1) is 47.3 Å². The monoisotopic (exact) mass is 1080 g/mol. The third kappa shape index (κ3) is 11.0. The van der Waals surface area contributed by atoms with Crippen LogP contribution in [0.1, 0.15) is 134 Å². The van der Waals surface area contributed by atoms with Crippen molar-refractivity contribution in [1.29, 1.82) is 0 Å². The Morgan fingerprint density at radius 1 is 0.513 bits per heavy atom. The Hall–Kier alpha value is -7.06. The van der Waals surface area contributed by atoms with E-state index in [4.69, 9.17) is 15.3 Å². The molecule has 2 spiro atoms. The van der Waals surface area contributed by atoms with Crippen LogP contribution in [-0.4, -0.2) is 63.5 Å². The number of para-hydroxylation sites is 2. The summed E-state index contributed by atoms with van der Waals surface area (Å²) in [5.74, 6) is -0.700. The number of ketones is 2. The van der Waals surface area contributed by atoms with Gasteiger partial charge in [-0.25, -0.2) is 0 Å². The third-order valence-electron chi connectivity index (χ3n) is 16.8. The summed E-state index contributed by atoms with van der Waals surface area (Å²) in [5.41, 5.74) is 8.79. The zero-order valence-corrected chi connectivity index (χ0v) is 44.3. The molecule has 76 heavy (non-hydrogen) atoms. The molecule has 0 saturated heterocycles. The predicted molar refractivity (Wildman–Crippen MR) is 296 cm³/mol. The van der Waals surface area contributed by atoms with E-state index in [1.165, 1.54) is 11.1 Å². The smallest absolute Gasteiger partial charge is 0.306 e. The fourth-order valence-electron chi connectivity index (χ4n) is 12.8. The summed E-state index contributed by atoms with van der Waals surface area (Å²) in [6.07, 6.45) is 10.4. The fraction of sp³-hybridized carbons (Fsp3) is 0.333.